The van der Waals surface area contributed by atoms with Crippen LogP contribution in [0, 0.1) is 5.92 Å². The first-order valence-corrected chi connectivity index (χ1v) is 6.02. The lowest BCUT2D eigenvalue weighted by Gasteiger charge is -2.21. The van der Waals surface area contributed by atoms with Crippen molar-refractivity contribution in [1.29, 1.82) is 0 Å². The van der Waals surface area contributed by atoms with E-state index in [9.17, 15) is 4.79 Å². The summed E-state index contributed by atoms with van der Waals surface area (Å²) in [5, 5.41) is 3.32. The third-order valence-corrected chi connectivity index (χ3v) is 2.58. The second-order valence-corrected chi connectivity index (χ2v) is 4.88. The van der Waals surface area contributed by atoms with Crippen molar-refractivity contribution in [2.45, 2.75) is 52.6 Å². The number of allylic oxidation sites excluding steroid dienone is 1. The topological polar surface area (TPSA) is 41.5 Å². The van der Waals surface area contributed by atoms with Crippen LogP contribution in [0.25, 0.3) is 0 Å². The van der Waals surface area contributed by atoms with Crippen LogP contribution < -0.4 is 5.32 Å². The lowest BCUT2D eigenvalue weighted by Crippen LogP contribution is -2.42. The zero-order valence-corrected chi connectivity index (χ0v) is 10.7. The molecule has 1 atom stereocenters. The van der Waals surface area contributed by atoms with E-state index >= 15 is 0 Å². The van der Waals surface area contributed by atoms with Crippen molar-refractivity contribution < 1.29 is 4.79 Å². The molecule has 1 aliphatic rings. The standard InChI is InChI=1S/C13H22N2O/c1-9(2)13(16)12(15-10(3)4)8-11-6-5-7-14-11/h6-7,9-10,12,15H,5,8H2,1-4H3/t12-/m0/s1. The van der Waals surface area contributed by atoms with Crippen LogP contribution in [0.1, 0.15) is 40.5 Å². The van der Waals surface area contributed by atoms with Gasteiger partial charge in [-0.2, -0.15) is 0 Å². The predicted octanol–water partition coefficient (Wildman–Crippen LogP) is 2.33. The Hall–Kier alpha value is -0.960. The molecule has 0 aliphatic carbocycles. The monoisotopic (exact) mass is 222 g/mol. The maximum atomic E-state index is 12.0. The molecule has 1 N–H and O–H groups in total. The molecule has 0 aromatic rings. The number of carbonyl (C=O) groups excluding carboxylic acids is 1. The molecule has 90 valence electrons. The molecule has 0 saturated carbocycles. The van der Waals surface area contributed by atoms with Crippen LogP contribution in [0.5, 0.6) is 0 Å². The third kappa shape index (κ3) is 3.89. The van der Waals surface area contributed by atoms with Gasteiger partial charge in [-0.3, -0.25) is 9.79 Å². The summed E-state index contributed by atoms with van der Waals surface area (Å²) in [4.78, 5) is 16.3. The summed E-state index contributed by atoms with van der Waals surface area (Å²) >= 11 is 0. The average molecular weight is 222 g/mol. The average Bonchev–Trinajstić information content (AvgIpc) is 2.67. The van der Waals surface area contributed by atoms with Gasteiger partial charge in [0, 0.05) is 36.7 Å². The number of ketones is 1. The van der Waals surface area contributed by atoms with E-state index in [0.29, 0.717) is 12.5 Å². The molecule has 0 unspecified atom stereocenters. The van der Waals surface area contributed by atoms with E-state index in [4.69, 9.17) is 0 Å². The lowest BCUT2D eigenvalue weighted by molar-refractivity contribution is -0.124. The number of nitrogens with zero attached hydrogens (tertiary/aromatic N) is 1. The van der Waals surface area contributed by atoms with Gasteiger partial charge in [0.2, 0.25) is 0 Å². The third-order valence-electron chi connectivity index (χ3n) is 2.58. The molecule has 0 aromatic heterocycles. The van der Waals surface area contributed by atoms with Gasteiger partial charge in [0.25, 0.3) is 0 Å². The second-order valence-electron chi connectivity index (χ2n) is 4.88. The number of nitrogens with one attached hydrogen (secondary N) is 1. The van der Waals surface area contributed by atoms with Gasteiger partial charge in [0.05, 0.1) is 6.04 Å². The summed E-state index contributed by atoms with van der Waals surface area (Å²) in [5.74, 6) is 0.346. The van der Waals surface area contributed by atoms with Crippen LogP contribution in [-0.4, -0.2) is 24.1 Å². The summed E-state index contributed by atoms with van der Waals surface area (Å²) in [6, 6.07) is 0.222. The number of rotatable bonds is 6. The Morgan fingerprint density at radius 1 is 1.44 bits per heavy atom. The first-order valence-electron chi connectivity index (χ1n) is 6.02. The summed E-state index contributed by atoms with van der Waals surface area (Å²) in [6.07, 6.45) is 5.59. The van der Waals surface area contributed by atoms with Gasteiger partial charge in [-0.05, 0) is 0 Å². The molecular weight excluding hydrogens is 200 g/mol. The SMILES string of the molecule is CC(C)N[C@@H](CC1=CCC=N1)C(=O)C(C)C. The van der Waals surface area contributed by atoms with Gasteiger partial charge >= 0.3 is 0 Å². The summed E-state index contributed by atoms with van der Waals surface area (Å²) in [6.45, 7) is 8.02. The summed E-state index contributed by atoms with van der Waals surface area (Å²) in [5.41, 5.74) is 1.03. The Kier molecular flexibility index (Phi) is 4.87. The highest BCUT2D eigenvalue weighted by atomic mass is 16.1. The van der Waals surface area contributed by atoms with Crippen molar-refractivity contribution in [3.63, 3.8) is 0 Å². The van der Waals surface area contributed by atoms with Crippen LogP contribution in [0.15, 0.2) is 16.8 Å². The highest BCUT2D eigenvalue weighted by Crippen LogP contribution is 2.15. The van der Waals surface area contributed by atoms with Crippen molar-refractivity contribution in [1.82, 2.24) is 5.32 Å². The molecule has 1 rings (SSSR count). The van der Waals surface area contributed by atoms with Crippen molar-refractivity contribution >= 4 is 12.0 Å². The largest absolute Gasteiger partial charge is 0.305 e. The van der Waals surface area contributed by atoms with Gasteiger partial charge in [-0.15, -0.1) is 0 Å². The van der Waals surface area contributed by atoms with Gasteiger partial charge < -0.3 is 5.32 Å². The molecule has 0 aromatic carbocycles. The van der Waals surface area contributed by atoms with Crippen molar-refractivity contribution in [2.75, 3.05) is 0 Å². The van der Waals surface area contributed by atoms with E-state index in [1.165, 1.54) is 0 Å². The molecule has 1 aliphatic heterocycles. The lowest BCUT2D eigenvalue weighted by atomic mass is 9.97. The fourth-order valence-electron chi connectivity index (χ4n) is 1.80. The fraction of sp³-hybridized carbons (Fsp3) is 0.692. The molecule has 0 radical (unpaired) electrons. The van der Waals surface area contributed by atoms with Crippen molar-refractivity contribution in [3.05, 3.63) is 11.8 Å². The predicted molar refractivity (Wildman–Crippen MR) is 67.7 cm³/mol. The Morgan fingerprint density at radius 3 is 2.56 bits per heavy atom. The van der Waals surface area contributed by atoms with Crippen LogP contribution >= 0.6 is 0 Å². The van der Waals surface area contributed by atoms with Crippen molar-refractivity contribution in [3.8, 4) is 0 Å². The number of aliphatic imine (C=N–C) groups is 1. The van der Waals surface area contributed by atoms with Gasteiger partial charge in [-0.25, -0.2) is 0 Å². The van der Waals surface area contributed by atoms with Gasteiger partial charge in [0.15, 0.2) is 5.78 Å². The second kappa shape index (κ2) is 5.94. The molecule has 0 bridgehead atoms. The maximum Gasteiger partial charge on any atom is 0.152 e. The van der Waals surface area contributed by atoms with Gasteiger partial charge in [-0.1, -0.05) is 33.8 Å². The molecular formula is C13H22N2O. The molecule has 0 saturated heterocycles. The number of carbonyl (C=O) groups is 1. The van der Waals surface area contributed by atoms with Crippen LogP contribution in [-0.2, 0) is 4.79 Å². The van der Waals surface area contributed by atoms with Crippen LogP contribution in [0.3, 0.4) is 0 Å². The van der Waals surface area contributed by atoms with E-state index in [1.54, 1.807) is 0 Å². The molecule has 1 heterocycles. The van der Waals surface area contributed by atoms with E-state index in [1.807, 2.05) is 20.1 Å². The van der Waals surface area contributed by atoms with E-state index in [2.05, 4.69) is 30.2 Å². The van der Waals surface area contributed by atoms with E-state index < -0.39 is 0 Å². The molecule has 3 heteroatoms. The number of hydrogen-bond acceptors (Lipinski definition) is 3. The minimum Gasteiger partial charge on any atom is -0.305 e. The Morgan fingerprint density at radius 2 is 2.12 bits per heavy atom. The summed E-state index contributed by atoms with van der Waals surface area (Å²) in [7, 11) is 0. The quantitative estimate of drug-likeness (QED) is 0.749. The number of hydrogen-bond donors (Lipinski definition) is 1. The molecule has 0 amide bonds. The summed E-state index contributed by atoms with van der Waals surface area (Å²) < 4.78 is 0. The van der Waals surface area contributed by atoms with Crippen LogP contribution in [0.4, 0.5) is 0 Å². The highest BCUT2D eigenvalue weighted by Gasteiger charge is 2.23. The van der Waals surface area contributed by atoms with E-state index in [-0.39, 0.29) is 17.7 Å². The van der Waals surface area contributed by atoms with Crippen LogP contribution in [0.2, 0.25) is 0 Å². The Balaban J connectivity index is 2.63. The molecule has 16 heavy (non-hydrogen) atoms. The van der Waals surface area contributed by atoms with Gasteiger partial charge in [0.1, 0.15) is 0 Å². The highest BCUT2D eigenvalue weighted by molar-refractivity contribution is 5.86. The normalized spacial score (nSPS) is 17.0. The zero-order chi connectivity index (χ0) is 12.1. The van der Waals surface area contributed by atoms with E-state index in [0.717, 1.165) is 12.1 Å². The fourth-order valence-corrected chi connectivity index (χ4v) is 1.80. The first kappa shape index (κ1) is 13.1. The Labute approximate surface area is 98.0 Å². The number of Topliss-reactive ketones (excluding diaryl/α,β-unsaturated/α-hetero) is 1. The molecule has 0 spiro atoms. The Bertz CT molecular complexity index is 303. The molecule has 0 fully saturated rings. The zero-order valence-electron chi connectivity index (χ0n) is 10.7. The minimum atomic E-state index is -0.0958. The maximum absolute atomic E-state index is 12.0. The molecule has 3 nitrogen and oxygen atoms in total. The van der Waals surface area contributed by atoms with Crippen molar-refractivity contribution in [2.24, 2.45) is 10.9 Å². The minimum absolute atomic E-state index is 0.0715. The smallest absolute Gasteiger partial charge is 0.152 e. The first-order chi connectivity index (χ1) is 7.50.